The fourth-order valence-corrected chi connectivity index (χ4v) is 3.13. The highest BCUT2D eigenvalue weighted by molar-refractivity contribution is 6.31. The van der Waals surface area contributed by atoms with Gasteiger partial charge in [-0.25, -0.2) is 14.8 Å². The number of hydrogen-bond donors (Lipinski definition) is 1. The second-order valence-corrected chi connectivity index (χ2v) is 6.76. The molecule has 144 valence electrons. The van der Waals surface area contributed by atoms with Gasteiger partial charge in [0.25, 0.3) is 0 Å². The van der Waals surface area contributed by atoms with Crippen LogP contribution in [0.2, 0.25) is 5.15 Å². The lowest BCUT2D eigenvalue weighted by Crippen LogP contribution is -2.45. The number of likely N-dealkylation sites (tertiary alicyclic amines) is 1. The number of nitrogens with one attached hydrogen (secondary N) is 1. The molecule has 27 heavy (non-hydrogen) atoms. The first-order valence-corrected chi connectivity index (χ1v) is 9.54. The topological polar surface area (TPSA) is 93.1 Å². The van der Waals surface area contributed by atoms with Gasteiger partial charge in [-0.2, -0.15) is 5.10 Å². The van der Waals surface area contributed by atoms with Gasteiger partial charge in [-0.3, -0.25) is 0 Å². The van der Waals surface area contributed by atoms with Gasteiger partial charge in [0.2, 0.25) is 5.95 Å². The van der Waals surface area contributed by atoms with Crippen LogP contribution in [0.4, 0.5) is 10.7 Å². The van der Waals surface area contributed by atoms with Crippen molar-refractivity contribution in [3.8, 4) is 11.3 Å². The van der Waals surface area contributed by atoms with Crippen molar-refractivity contribution >= 4 is 23.6 Å². The molecule has 8 nitrogen and oxygen atoms in total. The van der Waals surface area contributed by atoms with E-state index in [4.69, 9.17) is 16.3 Å². The molecule has 9 heteroatoms. The van der Waals surface area contributed by atoms with Crippen molar-refractivity contribution in [1.29, 1.82) is 0 Å². The lowest BCUT2D eigenvalue weighted by Gasteiger charge is -2.32. The van der Waals surface area contributed by atoms with Gasteiger partial charge in [-0.15, -0.1) is 5.10 Å². The third-order valence-electron chi connectivity index (χ3n) is 4.34. The molecule has 1 saturated heterocycles. The zero-order valence-electron chi connectivity index (χ0n) is 15.3. The van der Waals surface area contributed by atoms with Crippen molar-refractivity contribution < 1.29 is 9.53 Å². The Kier molecular flexibility index (Phi) is 6.75. The molecule has 0 saturated carbocycles. The molecule has 1 aliphatic rings. The van der Waals surface area contributed by atoms with Crippen molar-refractivity contribution in [1.82, 2.24) is 25.1 Å². The summed E-state index contributed by atoms with van der Waals surface area (Å²) in [4.78, 5) is 22.7. The van der Waals surface area contributed by atoms with Crippen LogP contribution in [0.25, 0.3) is 11.3 Å². The smallest absolute Gasteiger partial charge is 0.409 e. The fraction of sp³-hybridized carbons (Fsp3) is 0.500. The summed E-state index contributed by atoms with van der Waals surface area (Å²) in [6.45, 7) is 3.81. The molecule has 1 atom stereocenters. The van der Waals surface area contributed by atoms with Gasteiger partial charge >= 0.3 is 6.09 Å². The Bertz CT molecular complexity index is 775. The minimum atomic E-state index is -0.251. The molecule has 1 fully saturated rings. The summed E-state index contributed by atoms with van der Waals surface area (Å²) in [6, 6.07) is 3.60. The van der Waals surface area contributed by atoms with Gasteiger partial charge in [-0.05, 0) is 31.4 Å². The van der Waals surface area contributed by atoms with E-state index in [1.807, 2.05) is 0 Å². The molecule has 1 aliphatic heterocycles. The first-order chi connectivity index (χ1) is 13.2. The molecule has 1 N–H and O–H groups in total. The number of hydrogen-bond acceptors (Lipinski definition) is 7. The molecular weight excluding hydrogens is 368 g/mol. The van der Waals surface area contributed by atoms with Gasteiger partial charge in [0, 0.05) is 30.9 Å². The van der Waals surface area contributed by atoms with Crippen molar-refractivity contribution in [3.05, 3.63) is 29.7 Å². The number of aromatic nitrogens is 4. The second-order valence-electron chi connectivity index (χ2n) is 6.40. The average molecular weight is 391 g/mol. The summed E-state index contributed by atoms with van der Waals surface area (Å²) in [5, 5.41) is 11.2. The average Bonchev–Trinajstić information content (AvgIpc) is 2.69. The van der Waals surface area contributed by atoms with Gasteiger partial charge in [0.15, 0.2) is 5.15 Å². The Labute approximate surface area is 163 Å². The van der Waals surface area contributed by atoms with Crippen LogP contribution in [0.15, 0.2) is 24.5 Å². The predicted molar refractivity (Wildman–Crippen MR) is 103 cm³/mol. The molecule has 0 spiro atoms. The Balaban J connectivity index is 1.62. The summed E-state index contributed by atoms with van der Waals surface area (Å²) in [5.74, 6) is 0.492. The first-order valence-electron chi connectivity index (χ1n) is 9.16. The lowest BCUT2D eigenvalue weighted by molar-refractivity contribution is 0.0920. The Morgan fingerprint density at radius 3 is 3.11 bits per heavy atom. The van der Waals surface area contributed by atoms with E-state index in [0.29, 0.717) is 42.1 Å². The number of anilines is 1. The molecule has 3 rings (SSSR count). The molecule has 2 aromatic heterocycles. The minimum absolute atomic E-state index is 0.0683. The van der Waals surface area contributed by atoms with Crippen LogP contribution < -0.4 is 5.32 Å². The molecule has 0 unspecified atom stereocenters. The largest absolute Gasteiger partial charge is 0.449 e. The number of piperidine rings is 1. The summed E-state index contributed by atoms with van der Waals surface area (Å²) >= 11 is 6.10. The third-order valence-corrected chi connectivity index (χ3v) is 4.62. The summed E-state index contributed by atoms with van der Waals surface area (Å²) in [6.07, 6.45) is 6.71. The SMILES string of the molecule is CCCCOC(=O)N1CCC[C@H](Nc2nccc(-c3ccnnc3Cl)n2)C1. The van der Waals surface area contributed by atoms with Crippen LogP contribution in [0, 0.1) is 0 Å². The second kappa shape index (κ2) is 9.45. The number of rotatable bonds is 6. The maximum Gasteiger partial charge on any atom is 0.409 e. The number of carbonyl (C=O) groups is 1. The zero-order valence-corrected chi connectivity index (χ0v) is 16.0. The van der Waals surface area contributed by atoms with E-state index in [2.05, 4.69) is 32.4 Å². The van der Waals surface area contributed by atoms with Crippen LogP contribution in [-0.4, -0.2) is 56.9 Å². The summed E-state index contributed by atoms with van der Waals surface area (Å²) in [7, 11) is 0. The summed E-state index contributed by atoms with van der Waals surface area (Å²) in [5.41, 5.74) is 1.36. The van der Waals surface area contributed by atoms with Crippen molar-refractivity contribution in [3.63, 3.8) is 0 Å². The normalized spacial score (nSPS) is 16.8. The van der Waals surface area contributed by atoms with Crippen LogP contribution >= 0.6 is 11.6 Å². The van der Waals surface area contributed by atoms with Crippen molar-refractivity contribution in [2.24, 2.45) is 0 Å². The molecular formula is C18H23ClN6O2. The highest BCUT2D eigenvalue weighted by Crippen LogP contribution is 2.24. The molecule has 0 radical (unpaired) electrons. The minimum Gasteiger partial charge on any atom is -0.449 e. The monoisotopic (exact) mass is 390 g/mol. The van der Waals surface area contributed by atoms with E-state index in [9.17, 15) is 4.79 Å². The number of unbranched alkanes of at least 4 members (excludes halogenated alkanes) is 1. The number of ether oxygens (including phenoxy) is 1. The maximum atomic E-state index is 12.2. The molecule has 3 heterocycles. The molecule has 0 bridgehead atoms. The summed E-state index contributed by atoms with van der Waals surface area (Å²) < 4.78 is 5.31. The van der Waals surface area contributed by atoms with Gasteiger partial charge in [0.05, 0.1) is 18.5 Å². The van der Waals surface area contributed by atoms with Crippen molar-refractivity contribution in [2.45, 2.75) is 38.6 Å². The maximum absolute atomic E-state index is 12.2. The molecule has 0 aliphatic carbocycles. The van der Waals surface area contributed by atoms with Crippen LogP contribution in [0.1, 0.15) is 32.6 Å². The highest BCUT2D eigenvalue weighted by atomic mass is 35.5. The number of carbonyl (C=O) groups excluding carboxylic acids is 1. The van der Waals surface area contributed by atoms with E-state index >= 15 is 0 Å². The van der Waals surface area contributed by atoms with Crippen LogP contribution in [0.5, 0.6) is 0 Å². The van der Waals surface area contributed by atoms with Gasteiger partial charge < -0.3 is 15.0 Å². The predicted octanol–water partition coefficient (Wildman–Crippen LogP) is 3.40. The van der Waals surface area contributed by atoms with E-state index in [1.54, 1.807) is 29.4 Å². The van der Waals surface area contributed by atoms with Gasteiger partial charge in [-0.1, -0.05) is 24.9 Å². The van der Waals surface area contributed by atoms with E-state index in [1.165, 1.54) is 0 Å². The Hall–Kier alpha value is -2.48. The van der Waals surface area contributed by atoms with Crippen LogP contribution in [0.3, 0.4) is 0 Å². The van der Waals surface area contributed by atoms with Crippen molar-refractivity contribution in [2.75, 3.05) is 25.0 Å². The fourth-order valence-electron chi connectivity index (χ4n) is 2.92. The van der Waals surface area contributed by atoms with E-state index < -0.39 is 0 Å². The molecule has 2 aromatic rings. The Morgan fingerprint density at radius 2 is 2.30 bits per heavy atom. The number of amides is 1. The number of nitrogens with zero attached hydrogens (tertiary/aromatic N) is 5. The molecule has 0 aromatic carbocycles. The van der Waals surface area contributed by atoms with E-state index in [-0.39, 0.29) is 12.1 Å². The zero-order chi connectivity index (χ0) is 19.1. The Morgan fingerprint density at radius 1 is 1.41 bits per heavy atom. The standard InChI is InChI=1S/C18H23ClN6O2/c1-2-3-11-27-18(26)25-10-4-5-13(12-25)22-17-20-8-7-15(23-17)14-6-9-21-24-16(14)19/h6-9,13H,2-5,10-12H2,1H3,(H,20,22,23)/t13-/m0/s1. The van der Waals surface area contributed by atoms with Crippen LogP contribution in [-0.2, 0) is 4.74 Å². The third kappa shape index (κ3) is 5.26. The van der Waals surface area contributed by atoms with Gasteiger partial charge in [0.1, 0.15) is 0 Å². The van der Waals surface area contributed by atoms with E-state index in [0.717, 1.165) is 25.7 Å². The highest BCUT2D eigenvalue weighted by Gasteiger charge is 2.25. The quantitative estimate of drug-likeness (QED) is 0.755. The number of halogens is 1. The first kappa shape index (κ1) is 19.3. The lowest BCUT2D eigenvalue weighted by atomic mass is 10.1. The molecule has 1 amide bonds.